The molecule has 2 aromatic carbocycles. The van der Waals surface area contributed by atoms with Gasteiger partial charge in [0.05, 0.1) is 12.1 Å². The molecule has 0 saturated heterocycles. The molecule has 1 aliphatic carbocycles. The number of fused-ring (bicyclic) bond motifs is 1. The standard InChI is InChI=1S/C28H37F2N3O3/c1-4-18-8-9-20-6-5-7-24(23(20)14-18)31-17-26(34)25(15-19-12-21(29)16-22(30)13-19)32-27(35)10-11-28(36)33(2)3/h8-9,12-14,16,24-26,31,34H,4-7,10-11,15,17H2,1-3H3,(H,32,35)/t24-,25-,26-/m0/s1. The topological polar surface area (TPSA) is 81.7 Å². The molecule has 0 aliphatic heterocycles. The van der Waals surface area contributed by atoms with Crippen molar-refractivity contribution in [3.8, 4) is 0 Å². The summed E-state index contributed by atoms with van der Waals surface area (Å²) in [5, 5.41) is 17.3. The number of amides is 2. The van der Waals surface area contributed by atoms with Crippen LogP contribution in [-0.4, -0.2) is 54.6 Å². The fourth-order valence-corrected chi connectivity index (χ4v) is 4.67. The third-order valence-electron chi connectivity index (χ3n) is 6.76. The SMILES string of the molecule is CCc1ccc2c(c1)[C@@H](NC[C@H](O)[C@H](Cc1cc(F)cc(F)c1)NC(=O)CCC(=O)N(C)C)CCC2. The summed E-state index contributed by atoms with van der Waals surface area (Å²) in [4.78, 5) is 25.9. The van der Waals surface area contributed by atoms with Gasteiger partial charge in [-0.2, -0.15) is 0 Å². The van der Waals surface area contributed by atoms with Crippen molar-refractivity contribution in [2.75, 3.05) is 20.6 Å². The van der Waals surface area contributed by atoms with E-state index in [9.17, 15) is 23.5 Å². The van der Waals surface area contributed by atoms with Crippen LogP contribution in [0.15, 0.2) is 36.4 Å². The molecule has 0 unspecified atom stereocenters. The molecule has 0 fully saturated rings. The fraction of sp³-hybridized carbons (Fsp3) is 0.500. The number of aliphatic hydroxyl groups is 1. The minimum absolute atomic E-state index is 0.0348. The highest BCUT2D eigenvalue weighted by atomic mass is 19.1. The van der Waals surface area contributed by atoms with Gasteiger partial charge in [0, 0.05) is 45.6 Å². The number of carbonyl (C=O) groups excluding carboxylic acids is 2. The van der Waals surface area contributed by atoms with Gasteiger partial charge < -0.3 is 20.6 Å². The summed E-state index contributed by atoms with van der Waals surface area (Å²) in [6.07, 6.45) is 2.97. The van der Waals surface area contributed by atoms with Crippen LogP contribution in [0.1, 0.15) is 60.9 Å². The summed E-state index contributed by atoms with van der Waals surface area (Å²) in [6.45, 7) is 2.31. The Kier molecular flexibility index (Phi) is 9.96. The Labute approximate surface area is 212 Å². The lowest BCUT2D eigenvalue weighted by atomic mass is 9.86. The zero-order valence-electron chi connectivity index (χ0n) is 21.3. The van der Waals surface area contributed by atoms with Gasteiger partial charge >= 0.3 is 0 Å². The third-order valence-corrected chi connectivity index (χ3v) is 6.76. The zero-order valence-corrected chi connectivity index (χ0v) is 21.3. The molecule has 1 aliphatic rings. The molecule has 0 aromatic heterocycles. The quantitative estimate of drug-likeness (QED) is 0.441. The molecular formula is C28H37F2N3O3. The maximum atomic E-state index is 13.8. The van der Waals surface area contributed by atoms with Crippen LogP contribution in [0.2, 0.25) is 0 Å². The fourth-order valence-electron chi connectivity index (χ4n) is 4.67. The molecule has 3 rings (SSSR count). The Morgan fingerprint density at radius 2 is 1.81 bits per heavy atom. The number of rotatable bonds is 11. The zero-order chi connectivity index (χ0) is 26.2. The van der Waals surface area contributed by atoms with Crippen LogP contribution in [0.3, 0.4) is 0 Å². The van der Waals surface area contributed by atoms with E-state index in [4.69, 9.17) is 0 Å². The number of nitrogens with zero attached hydrogens (tertiary/aromatic N) is 1. The van der Waals surface area contributed by atoms with Gasteiger partial charge in [0.2, 0.25) is 11.8 Å². The van der Waals surface area contributed by atoms with Crippen LogP contribution in [0.4, 0.5) is 8.78 Å². The number of halogens is 2. The van der Waals surface area contributed by atoms with Gasteiger partial charge in [-0.05, 0) is 66.5 Å². The van der Waals surface area contributed by atoms with E-state index >= 15 is 0 Å². The van der Waals surface area contributed by atoms with E-state index in [2.05, 4.69) is 35.8 Å². The van der Waals surface area contributed by atoms with E-state index in [-0.39, 0.29) is 37.8 Å². The summed E-state index contributed by atoms with van der Waals surface area (Å²) in [5.41, 5.74) is 4.13. The van der Waals surface area contributed by atoms with Crippen LogP contribution >= 0.6 is 0 Å². The number of carbonyl (C=O) groups is 2. The predicted molar refractivity (Wildman–Crippen MR) is 135 cm³/mol. The molecule has 0 saturated carbocycles. The van der Waals surface area contributed by atoms with Crippen molar-refractivity contribution in [3.63, 3.8) is 0 Å². The highest BCUT2D eigenvalue weighted by Gasteiger charge is 2.26. The van der Waals surface area contributed by atoms with Gasteiger partial charge in [-0.15, -0.1) is 0 Å². The molecule has 196 valence electrons. The molecule has 3 N–H and O–H groups in total. The maximum absolute atomic E-state index is 13.8. The summed E-state index contributed by atoms with van der Waals surface area (Å²) >= 11 is 0. The largest absolute Gasteiger partial charge is 0.390 e. The Morgan fingerprint density at radius 3 is 2.47 bits per heavy atom. The second-order valence-electron chi connectivity index (χ2n) is 9.75. The minimum atomic E-state index is -1.01. The first-order valence-electron chi connectivity index (χ1n) is 12.6. The van der Waals surface area contributed by atoms with Gasteiger partial charge in [0.25, 0.3) is 0 Å². The molecule has 0 bridgehead atoms. The van der Waals surface area contributed by atoms with Crippen molar-refractivity contribution >= 4 is 11.8 Å². The van der Waals surface area contributed by atoms with Crippen LogP contribution in [0, 0.1) is 11.6 Å². The van der Waals surface area contributed by atoms with Crippen molar-refractivity contribution in [1.82, 2.24) is 15.5 Å². The van der Waals surface area contributed by atoms with Crippen molar-refractivity contribution in [2.45, 2.75) is 70.1 Å². The highest BCUT2D eigenvalue weighted by molar-refractivity contribution is 5.83. The number of nitrogens with one attached hydrogen (secondary N) is 2. The molecule has 36 heavy (non-hydrogen) atoms. The Morgan fingerprint density at radius 1 is 1.08 bits per heavy atom. The lowest BCUT2D eigenvalue weighted by molar-refractivity contribution is -0.131. The van der Waals surface area contributed by atoms with E-state index in [0.717, 1.165) is 31.7 Å². The van der Waals surface area contributed by atoms with Crippen LogP contribution in [0.25, 0.3) is 0 Å². The number of hydrogen-bond donors (Lipinski definition) is 3. The summed E-state index contributed by atoms with van der Waals surface area (Å²) < 4.78 is 27.6. The molecule has 3 atom stereocenters. The molecule has 0 radical (unpaired) electrons. The molecule has 8 heteroatoms. The van der Waals surface area contributed by atoms with Gasteiger partial charge in [-0.1, -0.05) is 25.1 Å². The smallest absolute Gasteiger partial charge is 0.222 e. The monoisotopic (exact) mass is 501 g/mol. The van der Waals surface area contributed by atoms with Crippen molar-refractivity contribution < 1.29 is 23.5 Å². The van der Waals surface area contributed by atoms with Crippen molar-refractivity contribution in [3.05, 3.63) is 70.3 Å². The van der Waals surface area contributed by atoms with Crippen LogP contribution in [-0.2, 0) is 28.9 Å². The number of hydrogen-bond acceptors (Lipinski definition) is 4. The van der Waals surface area contributed by atoms with E-state index in [1.165, 1.54) is 33.7 Å². The van der Waals surface area contributed by atoms with Gasteiger partial charge in [0.1, 0.15) is 11.6 Å². The van der Waals surface area contributed by atoms with Crippen LogP contribution in [0.5, 0.6) is 0 Å². The third kappa shape index (κ3) is 7.83. The number of aliphatic hydroxyl groups excluding tert-OH is 1. The highest BCUT2D eigenvalue weighted by Crippen LogP contribution is 2.30. The first-order chi connectivity index (χ1) is 17.2. The molecule has 6 nitrogen and oxygen atoms in total. The maximum Gasteiger partial charge on any atom is 0.222 e. The molecule has 2 amide bonds. The summed E-state index contributed by atoms with van der Waals surface area (Å²) in [5.74, 6) is -2.02. The number of benzene rings is 2. The Bertz CT molecular complexity index is 1040. The lowest BCUT2D eigenvalue weighted by Gasteiger charge is -2.30. The molecule has 2 aromatic rings. The van der Waals surface area contributed by atoms with Gasteiger partial charge in [-0.25, -0.2) is 8.78 Å². The van der Waals surface area contributed by atoms with Crippen molar-refractivity contribution in [1.29, 1.82) is 0 Å². The molecule has 0 spiro atoms. The summed E-state index contributed by atoms with van der Waals surface area (Å²) in [7, 11) is 3.23. The first kappa shape index (κ1) is 27.7. The van der Waals surface area contributed by atoms with Gasteiger partial charge in [0.15, 0.2) is 0 Å². The van der Waals surface area contributed by atoms with E-state index in [1.54, 1.807) is 14.1 Å². The molecule has 0 heterocycles. The van der Waals surface area contributed by atoms with E-state index < -0.39 is 29.7 Å². The summed E-state index contributed by atoms with van der Waals surface area (Å²) in [6, 6.07) is 9.02. The van der Waals surface area contributed by atoms with Gasteiger partial charge in [-0.3, -0.25) is 9.59 Å². The average Bonchev–Trinajstić information content (AvgIpc) is 2.84. The Hall–Kier alpha value is -2.84. The second kappa shape index (κ2) is 12.9. The predicted octanol–water partition coefficient (Wildman–Crippen LogP) is 3.45. The van der Waals surface area contributed by atoms with Crippen LogP contribution < -0.4 is 10.6 Å². The Balaban J connectivity index is 1.70. The van der Waals surface area contributed by atoms with Crippen molar-refractivity contribution in [2.24, 2.45) is 0 Å². The number of aryl methyl sites for hydroxylation is 2. The minimum Gasteiger partial charge on any atom is -0.390 e. The lowest BCUT2D eigenvalue weighted by Crippen LogP contribution is -2.49. The van der Waals surface area contributed by atoms with E-state index in [0.29, 0.717) is 5.56 Å². The van der Waals surface area contributed by atoms with E-state index in [1.807, 2.05) is 0 Å². The normalized spacial score (nSPS) is 16.7. The average molecular weight is 502 g/mol. The second-order valence-corrected chi connectivity index (χ2v) is 9.75. The molecular weight excluding hydrogens is 464 g/mol. The first-order valence-corrected chi connectivity index (χ1v) is 12.6.